The maximum Gasteiger partial charge on any atom is 0.253 e. The van der Waals surface area contributed by atoms with E-state index in [0.29, 0.717) is 24.2 Å². The van der Waals surface area contributed by atoms with Gasteiger partial charge in [-0.05, 0) is 44.9 Å². The minimum absolute atomic E-state index is 0.0339. The Balaban J connectivity index is 1.62. The summed E-state index contributed by atoms with van der Waals surface area (Å²) in [6.45, 7) is 5.16. The van der Waals surface area contributed by atoms with Crippen molar-refractivity contribution in [1.29, 1.82) is 0 Å². The van der Waals surface area contributed by atoms with Gasteiger partial charge in [0.25, 0.3) is 5.91 Å². The van der Waals surface area contributed by atoms with Gasteiger partial charge in [-0.1, -0.05) is 35.4 Å². The van der Waals surface area contributed by atoms with Crippen molar-refractivity contribution in [2.45, 2.75) is 33.2 Å². The number of carbonyl (C=O) groups excluding carboxylic acids is 2. The van der Waals surface area contributed by atoms with E-state index in [2.05, 4.69) is 5.32 Å². The Kier molecular flexibility index (Phi) is 5.89. The Hall–Kier alpha value is -2.69. The van der Waals surface area contributed by atoms with Crippen molar-refractivity contribution < 1.29 is 14.0 Å². The van der Waals surface area contributed by atoms with Crippen LogP contribution in [-0.4, -0.2) is 29.8 Å². The highest BCUT2D eigenvalue weighted by molar-refractivity contribution is 5.95. The van der Waals surface area contributed by atoms with E-state index >= 15 is 0 Å². The molecule has 1 fully saturated rings. The van der Waals surface area contributed by atoms with Crippen LogP contribution >= 0.6 is 0 Å². The first kappa shape index (κ1) is 19.1. The van der Waals surface area contributed by atoms with Gasteiger partial charge in [0.2, 0.25) is 5.91 Å². The van der Waals surface area contributed by atoms with Gasteiger partial charge in [0, 0.05) is 30.8 Å². The number of carbonyl (C=O) groups is 2. The van der Waals surface area contributed by atoms with Gasteiger partial charge in [0.15, 0.2) is 0 Å². The Morgan fingerprint density at radius 1 is 1.15 bits per heavy atom. The lowest BCUT2D eigenvalue weighted by Crippen LogP contribution is -2.45. The third-order valence-corrected chi connectivity index (χ3v) is 4.96. The fourth-order valence-electron chi connectivity index (χ4n) is 3.62. The molecule has 1 aliphatic rings. The molecule has 0 aliphatic carbocycles. The highest BCUT2D eigenvalue weighted by Gasteiger charge is 2.29. The van der Waals surface area contributed by atoms with Gasteiger partial charge >= 0.3 is 0 Å². The molecule has 0 radical (unpaired) electrons. The van der Waals surface area contributed by atoms with Gasteiger partial charge in [0.1, 0.15) is 5.82 Å². The third-order valence-electron chi connectivity index (χ3n) is 4.96. The molecule has 142 valence electrons. The molecular weight excluding hydrogens is 343 g/mol. The zero-order valence-corrected chi connectivity index (χ0v) is 15.8. The van der Waals surface area contributed by atoms with E-state index < -0.39 is 0 Å². The van der Waals surface area contributed by atoms with Crippen LogP contribution in [0.4, 0.5) is 4.39 Å². The summed E-state index contributed by atoms with van der Waals surface area (Å²) in [5.74, 6) is -0.752. The van der Waals surface area contributed by atoms with Crippen LogP contribution in [-0.2, 0) is 11.3 Å². The summed E-state index contributed by atoms with van der Waals surface area (Å²) in [5.41, 5.74) is 3.23. The molecule has 0 bridgehead atoms. The number of aryl methyl sites for hydroxylation is 2. The molecule has 1 unspecified atom stereocenters. The number of hydrogen-bond acceptors (Lipinski definition) is 2. The largest absolute Gasteiger partial charge is 0.352 e. The Bertz CT molecular complexity index is 830. The Morgan fingerprint density at radius 3 is 2.56 bits per heavy atom. The zero-order valence-electron chi connectivity index (χ0n) is 15.8. The van der Waals surface area contributed by atoms with Gasteiger partial charge in [-0.3, -0.25) is 9.59 Å². The first-order valence-electron chi connectivity index (χ1n) is 9.32. The zero-order chi connectivity index (χ0) is 19.4. The van der Waals surface area contributed by atoms with Crippen LogP contribution in [0, 0.1) is 25.6 Å². The van der Waals surface area contributed by atoms with Gasteiger partial charge < -0.3 is 10.2 Å². The molecule has 0 aromatic heterocycles. The van der Waals surface area contributed by atoms with Crippen molar-refractivity contribution in [1.82, 2.24) is 10.2 Å². The normalized spacial score (nSPS) is 16.9. The molecular formula is C22H25FN2O2. The summed E-state index contributed by atoms with van der Waals surface area (Å²) in [6, 6.07) is 12.2. The van der Waals surface area contributed by atoms with E-state index in [9.17, 15) is 14.0 Å². The standard InChI is InChI=1S/C22H25FN2O2/c1-15-10-16(2)12-19(11-15)22(27)25-9-5-7-18(14-25)21(26)24-13-17-6-3-4-8-20(17)23/h3-4,6,8,10-12,18H,5,7,9,13-14H2,1-2H3,(H,24,26). The average Bonchev–Trinajstić information content (AvgIpc) is 2.66. The molecule has 1 aliphatic heterocycles. The van der Waals surface area contributed by atoms with Crippen molar-refractivity contribution in [3.63, 3.8) is 0 Å². The van der Waals surface area contributed by atoms with Crippen LogP contribution in [0.5, 0.6) is 0 Å². The maximum absolute atomic E-state index is 13.7. The average molecular weight is 368 g/mol. The number of rotatable bonds is 4. The smallest absolute Gasteiger partial charge is 0.253 e. The Morgan fingerprint density at radius 2 is 1.85 bits per heavy atom. The third kappa shape index (κ3) is 4.73. The van der Waals surface area contributed by atoms with Crippen molar-refractivity contribution in [2.75, 3.05) is 13.1 Å². The monoisotopic (exact) mass is 368 g/mol. The van der Waals surface area contributed by atoms with Crippen molar-refractivity contribution in [3.05, 3.63) is 70.5 Å². The van der Waals surface area contributed by atoms with E-state index in [1.807, 2.05) is 32.0 Å². The second kappa shape index (κ2) is 8.33. The molecule has 1 heterocycles. The molecule has 1 N–H and O–H groups in total. The molecule has 1 saturated heterocycles. The van der Waals surface area contributed by atoms with E-state index in [1.165, 1.54) is 6.07 Å². The minimum atomic E-state index is -0.326. The first-order valence-corrected chi connectivity index (χ1v) is 9.32. The molecule has 5 heteroatoms. The SMILES string of the molecule is Cc1cc(C)cc(C(=O)N2CCCC(C(=O)NCc3ccccc3F)C2)c1. The molecule has 2 aromatic carbocycles. The van der Waals surface area contributed by atoms with E-state index in [1.54, 1.807) is 23.1 Å². The second-order valence-electron chi connectivity index (χ2n) is 7.28. The summed E-state index contributed by atoms with van der Waals surface area (Å²) < 4.78 is 13.7. The summed E-state index contributed by atoms with van der Waals surface area (Å²) in [5, 5.41) is 2.81. The lowest BCUT2D eigenvalue weighted by atomic mass is 9.96. The number of nitrogens with one attached hydrogen (secondary N) is 1. The summed E-state index contributed by atoms with van der Waals surface area (Å²) >= 11 is 0. The number of likely N-dealkylation sites (tertiary alicyclic amines) is 1. The number of nitrogens with zero attached hydrogens (tertiary/aromatic N) is 1. The fourth-order valence-corrected chi connectivity index (χ4v) is 3.62. The van der Waals surface area contributed by atoms with Crippen LogP contribution in [0.1, 0.15) is 39.9 Å². The predicted octanol–water partition coefficient (Wildman–Crippen LogP) is 3.61. The van der Waals surface area contributed by atoms with Gasteiger partial charge in [-0.25, -0.2) is 4.39 Å². The highest BCUT2D eigenvalue weighted by atomic mass is 19.1. The highest BCUT2D eigenvalue weighted by Crippen LogP contribution is 2.20. The number of halogens is 1. The number of benzene rings is 2. The van der Waals surface area contributed by atoms with Gasteiger partial charge in [-0.15, -0.1) is 0 Å². The summed E-state index contributed by atoms with van der Waals surface area (Å²) in [7, 11) is 0. The molecule has 0 saturated carbocycles. The second-order valence-corrected chi connectivity index (χ2v) is 7.28. The lowest BCUT2D eigenvalue weighted by Gasteiger charge is -2.32. The van der Waals surface area contributed by atoms with Crippen LogP contribution in [0.2, 0.25) is 0 Å². The van der Waals surface area contributed by atoms with Crippen molar-refractivity contribution in [2.24, 2.45) is 5.92 Å². The quantitative estimate of drug-likeness (QED) is 0.896. The van der Waals surface area contributed by atoms with E-state index in [-0.39, 0.29) is 30.1 Å². The molecule has 2 aromatic rings. The number of hydrogen-bond donors (Lipinski definition) is 1. The van der Waals surface area contributed by atoms with E-state index in [0.717, 1.165) is 24.0 Å². The fraction of sp³-hybridized carbons (Fsp3) is 0.364. The van der Waals surface area contributed by atoms with Crippen molar-refractivity contribution in [3.8, 4) is 0 Å². The molecule has 4 nitrogen and oxygen atoms in total. The van der Waals surface area contributed by atoms with Crippen LogP contribution in [0.25, 0.3) is 0 Å². The van der Waals surface area contributed by atoms with Crippen LogP contribution < -0.4 is 5.32 Å². The summed E-state index contributed by atoms with van der Waals surface area (Å²) in [6.07, 6.45) is 1.52. The number of amides is 2. The number of piperidine rings is 1. The topological polar surface area (TPSA) is 49.4 Å². The molecule has 2 amide bonds. The predicted molar refractivity (Wildman–Crippen MR) is 103 cm³/mol. The van der Waals surface area contributed by atoms with Gasteiger partial charge in [0.05, 0.1) is 5.92 Å². The molecule has 27 heavy (non-hydrogen) atoms. The first-order chi connectivity index (χ1) is 12.9. The minimum Gasteiger partial charge on any atom is -0.352 e. The summed E-state index contributed by atoms with van der Waals surface area (Å²) in [4.78, 5) is 27.1. The maximum atomic E-state index is 13.7. The molecule has 3 rings (SSSR count). The molecule has 0 spiro atoms. The Labute approximate surface area is 159 Å². The van der Waals surface area contributed by atoms with Crippen molar-refractivity contribution >= 4 is 11.8 Å². The van der Waals surface area contributed by atoms with Crippen LogP contribution in [0.15, 0.2) is 42.5 Å². The van der Waals surface area contributed by atoms with E-state index in [4.69, 9.17) is 0 Å². The van der Waals surface area contributed by atoms with Crippen LogP contribution in [0.3, 0.4) is 0 Å². The molecule has 1 atom stereocenters. The van der Waals surface area contributed by atoms with Gasteiger partial charge in [-0.2, -0.15) is 0 Å². The lowest BCUT2D eigenvalue weighted by molar-refractivity contribution is -0.126.